The minimum absolute atomic E-state index is 0.0234. The zero-order valence-electron chi connectivity index (χ0n) is 22.4. The number of aromatic nitrogens is 1. The van der Waals surface area contributed by atoms with Crippen LogP contribution in [0.3, 0.4) is 0 Å². The zero-order valence-corrected chi connectivity index (χ0v) is 23.2. The summed E-state index contributed by atoms with van der Waals surface area (Å²) in [5.41, 5.74) is 2.04. The van der Waals surface area contributed by atoms with Crippen LogP contribution in [0.2, 0.25) is 0 Å². The molecule has 8 heteroatoms. The minimum Gasteiger partial charge on any atom is -0.392 e. The number of likely N-dealkylation sites (N-methyl/N-ethyl adjacent to an activating group) is 1. The summed E-state index contributed by atoms with van der Waals surface area (Å²) in [6.45, 7) is 7.36. The van der Waals surface area contributed by atoms with Gasteiger partial charge in [0.15, 0.2) is 11.7 Å². The minimum atomic E-state index is -0.576. The number of aliphatic hydroxyl groups excluding tert-OH is 1. The van der Waals surface area contributed by atoms with E-state index in [2.05, 4.69) is 19.2 Å². The van der Waals surface area contributed by atoms with Crippen molar-refractivity contribution in [2.45, 2.75) is 58.6 Å². The lowest BCUT2D eigenvalue weighted by Gasteiger charge is -2.53. The van der Waals surface area contributed by atoms with E-state index in [1.807, 2.05) is 58.4 Å². The molecule has 1 aromatic carbocycles. The first-order valence-corrected chi connectivity index (χ1v) is 13.9. The Hall–Kier alpha value is -2.29. The molecule has 3 N–H and O–H groups in total. The maximum Gasteiger partial charge on any atom is 0.281 e. The van der Waals surface area contributed by atoms with E-state index >= 15 is 0 Å². The van der Waals surface area contributed by atoms with Gasteiger partial charge in [0.05, 0.1) is 25.9 Å². The third-order valence-corrected chi connectivity index (χ3v) is 9.34. The summed E-state index contributed by atoms with van der Waals surface area (Å²) in [5, 5.41) is 15.3. The molecule has 196 valence electrons. The van der Waals surface area contributed by atoms with Crippen LogP contribution in [0.4, 0.5) is 5.13 Å². The first-order chi connectivity index (χ1) is 17.0. The second-order valence-electron chi connectivity index (χ2n) is 11.6. The molecule has 6 atom stereocenters. The molecule has 2 aliphatic rings. The Balaban J connectivity index is 1.49. The van der Waals surface area contributed by atoms with Crippen molar-refractivity contribution in [1.29, 1.82) is 0 Å². The van der Waals surface area contributed by atoms with Gasteiger partial charge >= 0.3 is 0 Å². The Kier molecular flexibility index (Phi) is 7.88. The van der Waals surface area contributed by atoms with Crippen molar-refractivity contribution in [1.82, 2.24) is 9.88 Å². The molecule has 2 aliphatic carbocycles. The summed E-state index contributed by atoms with van der Waals surface area (Å²) < 4.78 is 0. The topological polar surface area (TPSA) is 87.0 Å². The van der Waals surface area contributed by atoms with Crippen molar-refractivity contribution in [3.8, 4) is 0 Å². The Labute approximate surface area is 218 Å². The fourth-order valence-corrected chi connectivity index (χ4v) is 7.83. The Morgan fingerprint density at radius 3 is 2.67 bits per heavy atom. The molecule has 0 spiro atoms. The number of thiazole rings is 1. The number of hydrogen-bond acceptors (Lipinski definition) is 5. The van der Waals surface area contributed by atoms with E-state index in [1.165, 1.54) is 4.88 Å². The third kappa shape index (κ3) is 5.36. The van der Waals surface area contributed by atoms with Crippen LogP contribution in [0, 0.1) is 23.2 Å². The van der Waals surface area contributed by atoms with Gasteiger partial charge in [-0.25, -0.2) is 4.98 Å². The van der Waals surface area contributed by atoms with Gasteiger partial charge in [0.1, 0.15) is 0 Å². The predicted octanol–water partition coefficient (Wildman–Crippen LogP) is 2.57. The molecule has 0 bridgehead atoms. The monoisotopic (exact) mass is 513 g/mol. The smallest absolute Gasteiger partial charge is 0.281 e. The van der Waals surface area contributed by atoms with Crippen molar-refractivity contribution in [2.75, 3.05) is 33.0 Å². The number of carbonyl (C=O) groups is 2. The van der Waals surface area contributed by atoms with Gasteiger partial charge < -0.3 is 14.9 Å². The number of quaternary nitrogens is 1. The molecule has 0 radical (unpaired) electrons. The number of rotatable bonds is 7. The second kappa shape index (κ2) is 10.6. The number of fused-ring (bicyclic) bond motifs is 2. The van der Waals surface area contributed by atoms with Crippen LogP contribution in [0.1, 0.15) is 55.7 Å². The number of nitrogens with zero attached hydrogens (tertiary/aromatic N) is 2. The van der Waals surface area contributed by atoms with Crippen molar-refractivity contribution in [3.05, 3.63) is 46.5 Å². The average molecular weight is 514 g/mol. The SMILES string of the molecule is C[C@H](C(=O)N(C)Cc1ccccc1)[C@@H]1CC[C@@]2(C)Cc3sc(NC(=O)C[NH+](C)C)nc3[C@@H](C)[C@@H]2[C@H]1O. The van der Waals surface area contributed by atoms with E-state index in [4.69, 9.17) is 4.98 Å². The van der Waals surface area contributed by atoms with Crippen LogP contribution in [0.5, 0.6) is 0 Å². The van der Waals surface area contributed by atoms with Gasteiger partial charge in [0.25, 0.3) is 5.91 Å². The van der Waals surface area contributed by atoms with Crippen LogP contribution >= 0.6 is 11.3 Å². The van der Waals surface area contributed by atoms with E-state index in [0.717, 1.165) is 35.4 Å². The van der Waals surface area contributed by atoms with Crippen LogP contribution in [-0.2, 0) is 22.6 Å². The number of benzene rings is 1. The van der Waals surface area contributed by atoms with Crippen LogP contribution < -0.4 is 10.2 Å². The molecule has 1 saturated carbocycles. The average Bonchev–Trinajstić information content (AvgIpc) is 3.20. The highest BCUT2D eigenvalue weighted by molar-refractivity contribution is 7.15. The number of anilines is 1. The molecule has 7 nitrogen and oxygen atoms in total. The third-order valence-electron chi connectivity index (χ3n) is 8.35. The molecule has 0 aliphatic heterocycles. The molecule has 4 rings (SSSR count). The standard InChI is InChI=1S/C28H40N4O3S/c1-17(26(35)32(6)15-19-10-8-7-9-11-19)20-12-13-28(3)14-21-24(18(2)23(28)25(20)34)30-27(36-21)29-22(33)16-31(4)5/h7-11,17-18,20,23,25,34H,12-16H2,1-6H3,(H,29,30,33)/p+1/t17-,18-,20-,23+,25-,28-/m0/s1. The maximum atomic E-state index is 13.4. The van der Waals surface area contributed by atoms with Gasteiger partial charge in [-0.05, 0) is 42.1 Å². The lowest BCUT2D eigenvalue weighted by Crippen LogP contribution is -3.06. The molecular weight excluding hydrogens is 472 g/mol. The van der Waals surface area contributed by atoms with Crippen molar-refractivity contribution >= 4 is 28.3 Å². The quantitative estimate of drug-likeness (QED) is 0.531. The first-order valence-electron chi connectivity index (χ1n) is 13.1. The highest BCUT2D eigenvalue weighted by Gasteiger charge is 2.54. The largest absolute Gasteiger partial charge is 0.392 e. The number of hydrogen-bond donors (Lipinski definition) is 3. The molecule has 2 aromatic rings. The second-order valence-corrected chi connectivity index (χ2v) is 12.7. The molecular formula is C28H41N4O3S+. The lowest BCUT2D eigenvalue weighted by atomic mass is 9.53. The fourth-order valence-electron chi connectivity index (χ4n) is 6.55. The summed E-state index contributed by atoms with van der Waals surface area (Å²) in [5.74, 6) is -0.219. The number of aliphatic hydroxyl groups is 1. The highest BCUT2D eigenvalue weighted by atomic mass is 32.1. The van der Waals surface area contributed by atoms with Gasteiger partial charge in [0.2, 0.25) is 5.91 Å². The van der Waals surface area contributed by atoms with Gasteiger partial charge in [0, 0.05) is 30.3 Å². The van der Waals surface area contributed by atoms with E-state index in [1.54, 1.807) is 16.2 Å². The van der Waals surface area contributed by atoms with Crippen LogP contribution in [-0.4, -0.2) is 60.6 Å². The fraction of sp³-hybridized carbons (Fsp3) is 0.607. The summed E-state index contributed by atoms with van der Waals surface area (Å²) >= 11 is 1.57. The highest BCUT2D eigenvalue weighted by Crippen LogP contribution is 2.57. The Morgan fingerprint density at radius 2 is 2.00 bits per heavy atom. The molecule has 36 heavy (non-hydrogen) atoms. The van der Waals surface area contributed by atoms with E-state index in [-0.39, 0.29) is 40.9 Å². The predicted molar refractivity (Wildman–Crippen MR) is 143 cm³/mol. The number of nitrogens with one attached hydrogen (secondary N) is 2. The zero-order chi connectivity index (χ0) is 26.2. The molecule has 1 heterocycles. The van der Waals surface area contributed by atoms with Crippen molar-refractivity contribution in [3.63, 3.8) is 0 Å². The molecule has 0 unspecified atom stereocenters. The Morgan fingerprint density at radius 1 is 1.31 bits per heavy atom. The molecule has 1 fully saturated rings. The van der Waals surface area contributed by atoms with Crippen molar-refractivity contribution in [2.24, 2.45) is 23.2 Å². The summed E-state index contributed by atoms with van der Waals surface area (Å²) in [6, 6.07) is 10.0. The lowest BCUT2D eigenvalue weighted by molar-refractivity contribution is -0.849. The van der Waals surface area contributed by atoms with Gasteiger partial charge in [-0.3, -0.25) is 14.9 Å². The summed E-state index contributed by atoms with van der Waals surface area (Å²) in [6.07, 6.45) is 2.07. The van der Waals surface area contributed by atoms with Crippen LogP contribution in [0.15, 0.2) is 30.3 Å². The number of carbonyl (C=O) groups excluding carboxylic acids is 2. The van der Waals surface area contributed by atoms with E-state index in [9.17, 15) is 14.7 Å². The normalized spacial score (nSPS) is 28.2. The van der Waals surface area contributed by atoms with E-state index in [0.29, 0.717) is 18.2 Å². The Bertz CT molecular complexity index is 1090. The first kappa shape index (κ1) is 26.8. The molecule has 1 aromatic heterocycles. The molecule has 2 amide bonds. The van der Waals surface area contributed by atoms with Gasteiger partial charge in [-0.15, -0.1) is 11.3 Å². The van der Waals surface area contributed by atoms with Gasteiger partial charge in [-0.2, -0.15) is 0 Å². The molecule has 0 saturated heterocycles. The van der Waals surface area contributed by atoms with Crippen molar-refractivity contribution < 1.29 is 19.6 Å². The summed E-state index contributed by atoms with van der Waals surface area (Å²) in [4.78, 5) is 34.5. The summed E-state index contributed by atoms with van der Waals surface area (Å²) in [7, 11) is 5.75. The maximum absolute atomic E-state index is 13.4. The number of amides is 2. The van der Waals surface area contributed by atoms with Gasteiger partial charge in [-0.1, -0.05) is 51.1 Å². The van der Waals surface area contributed by atoms with Crippen LogP contribution in [0.25, 0.3) is 0 Å². The van der Waals surface area contributed by atoms with E-state index < -0.39 is 6.10 Å².